The second-order valence-corrected chi connectivity index (χ2v) is 9.07. The van der Waals surface area contributed by atoms with Crippen LogP contribution in [-0.2, 0) is 4.79 Å². The van der Waals surface area contributed by atoms with Gasteiger partial charge in [0.2, 0.25) is 5.95 Å². The molecule has 2 aromatic carbocycles. The van der Waals surface area contributed by atoms with Gasteiger partial charge in [0.1, 0.15) is 23.1 Å². The summed E-state index contributed by atoms with van der Waals surface area (Å²) in [6.45, 7) is 1.00. The average molecular weight is 526 g/mol. The lowest BCUT2D eigenvalue weighted by Crippen LogP contribution is -2.27. The number of nitrogens with zero attached hydrogens (tertiary/aromatic N) is 3. The summed E-state index contributed by atoms with van der Waals surface area (Å²) in [5.41, 5.74) is 2.32. The largest absolute Gasteiger partial charge is 0.495 e. The fourth-order valence-corrected chi connectivity index (χ4v) is 4.38. The first-order valence-electron chi connectivity index (χ1n) is 11.5. The van der Waals surface area contributed by atoms with Crippen molar-refractivity contribution in [3.8, 4) is 28.7 Å². The first-order valence-corrected chi connectivity index (χ1v) is 12.2. The Kier molecular flexibility index (Phi) is 8.14. The maximum absolute atomic E-state index is 12.1. The van der Waals surface area contributed by atoms with Crippen molar-refractivity contribution >= 4 is 46.0 Å². The lowest BCUT2D eigenvalue weighted by molar-refractivity contribution is -0.117. The van der Waals surface area contributed by atoms with E-state index in [0.29, 0.717) is 58.5 Å². The number of fused-ring (bicyclic) bond motifs is 1. The number of hydrogen-bond donors (Lipinski definition) is 2. The molecule has 8 nitrogen and oxygen atoms in total. The smallest absolute Gasteiger partial charge is 0.261 e. The standard InChI is InChI=1S/C26H25Cl2N5O3/c1-35-20-12-21(36-2)24(28)22(23(20)27)16-6-7-19-18(11-16)14-32-26(33-19)31-9-3-8-30-25(34)17(13-29)10-15-4-5-15/h6-7,10-12,14-15H,3-5,8-9H2,1-2H3,(H,30,34)(H,31,32,33)/b17-10+. The topological polar surface area (TPSA) is 109 Å². The van der Waals surface area contributed by atoms with Crippen LogP contribution in [0.25, 0.3) is 22.0 Å². The first kappa shape index (κ1) is 25.5. The molecule has 1 aromatic heterocycles. The molecule has 0 unspecified atom stereocenters. The highest BCUT2D eigenvalue weighted by molar-refractivity contribution is 6.41. The number of amides is 1. The zero-order valence-corrected chi connectivity index (χ0v) is 21.4. The number of ether oxygens (including phenoxy) is 2. The van der Waals surface area contributed by atoms with Gasteiger partial charge in [0, 0.05) is 36.3 Å². The second-order valence-electron chi connectivity index (χ2n) is 8.32. The van der Waals surface area contributed by atoms with E-state index in [1.54, 1.807) is 18.3 Å². The van der Waals surface area contributed by atoms with E-state index < -0.39 is 0 Å². The van der Waals surface area contributed by atoms with Crippen LogP contribution in [-0.4, -0.2) is 43.2 Å². The first-order chi connectivity index (χ1) is 17.4. The molecule has 1 saturated carbocycles. The lowest BCUT2D eigenvalue weighted by Gasteiger charge is -2.15. The second kappa shape index (κ2) is 11.5. The number of carbonyl (C=O) groups excluding carboxylic acids is 1. The van der Waals surface area contributed by atoms with Gasteiger partial charge in [-0.2, -0.15) is 5.26 Å². The molecule has 2 N–H and O–H groups in total. The fourth-order valence-electron chi connectivity index (χ4n) is 3.66. The van der Waals surface area contributed by atoms with Crippen LogP contribution < -0.4 is 20.1 Å². The maximum atomic E-state index is 12.1. The molecule has 1 aliphatic carbocycles. The van der Waals surface area contributed by atoms with Crippen LogP contribution in [0.15, 0.2) is 42.1 Å². The number of nitrogens with one attached hydrogen (secondary N) is 2. The van der Waals surface area contributed by atoms with Crippen molar-refractivity contribution < 1.29 is 14.3 Å². The molecule has 1 fully saturated rings. The quantitative estimate of drug-likeness (QED) is 0.207. The number of halogens is 2. The molecular formula is C26H25Cl2N5O3. The minimum Gasteiger partial charge on any atom is -0.495 e. The summed E-state index contributed by atoms with van der Waals surface area (Å²) in [6.07, 6.45) is 6.23. The molecule has 0 radical (unpaired) electrons. The Labute approximate surface area is 219 Å². The number of allylic oxidation sites excluding steroid dienone is 1. The minimum absolute atomic E-state index is 0.192. The van der Waals surface area contributed by atoms with Crippen molar-refractivity contribution in [2.24, 2.45) is 5.92 Å². The number of aromatic nitrogens is 2. The highest BCUT2D eigenvalue weighted by atomic mass is 35.5. The molecule has 0 bridgehead atoms. The third kappa shape index (κ3) is 5.81. The number of anilines is 1. The van der Waals surface area contributed by atoms with Crippen molar-refractivity contribution in [1.82, 2.24) is 15.3 Å². The third-order valence-electron chi connectivity index (χ3n) is 5.75. The Balaban J connectivity index is 1.40. The Bertz CT molecular complexity index is 1340. The van der Waals surface area contributed by atoms with Crippen LogP contribution in [0.3, 0.4) is 0 Å². The molecule has 1 heterocycles. The molecule has 0 spiro atoms. The van der Waals surface area contributed by atoms with Crippen LogP contribution in [0.5, 0.6) is 11.5 Å². The maximum Gasteiger partial charge on any atom is 0.261 e. The molecule has 1 amide bonds. The SMILES string of the molecule is COc1cc(OC)c(Cl)c(-c2ccc3nc(NCCCNC(=O)/C(C#N)=C/C4CC4)ncc3c2)c1Cl. The Hall–Kier alpha value is -3.54. The predicted octanol–water partition coefficient (Wildman–Crippen LogP) is 5.40. The van der Waals surface area contributed by atoms with Gasteiger partial charge in [-0.1, -0.05) is 35.3 Å². The van der Waals surface area contributed by atoms with E-state index in [1.807, 2.05) is 24.3 Å². The van der Waals surface area contributed by atoms with Gasteiger partial charge in [0.15, 0.2) is 0 Å². The number of methoxy groups -OCH3 is 2. The van der Waals surface area contributed by atoms with E-state index in [9.17, 15) is 4.79 Å². The van der Waals surface area contributed by atoms with Crippen molar-refractivity contribution in [3.05, 3.63) is 52.2 Å². The van der Waals surface area contributed by atoms with E-state index in [4.69, 9.17) is 37.9 Å². The van der Waals surface area contributed by atoms with Crippen LogP contribution >= 0.6 is 23.2 Å². The van der Waals surface area contributed by atoms with Gasteiger partial charge >= 0.3 is 0 Å². The zero-order valence-electron chi connectivity index (χ0n) is 19.9. The summed E-state index contributed by atoms with van der Waals surface area (Å²) in [4.78, 5) is 21.0. The molecule has 36 heavy (non-hydrogen) atoms. The molecule has 186 valence electrons. The molecule has 0 atom stereocenters. The lowest BCUT2D eigenvalue weighted by atomic mass is 10.0. The molecule has 4 rings (SSSR count). The van der Waals surface area contributed by atoms with Gasteiger partial charge in [0.05, 0.1) is 29.8 Å². The van der Waals surface area contributed by atoms with Crippen molar-refractivity contribution in [2.45, 2.75) is 19.3 Å². The molecule has 1 aliphatic rings. The monoisotopic (exact) mass is 525 g/mol. The Morgan fingerprint density at radius 2 is 1.89 bits per heavy atom. The molecule has 0 aliphatic heterocycles. The predicted molar refractivity (Wildman–Crippen MR) is 141 cm³/mol. The van der Waals surface area contributed by atoms with Crippen molar-refractivity contribution in [3.63, 3.8) is 0 Å². The summed E-state index contributed by atoms with van der Waals surface area (Å²) < 4.78 is 10.7. The summed E-state index contributed by atoms with van der Waals surface area (Å²) >= 11 is 13.1. The summed E-state index contributed by atoms with van der Waals surface area (Å²) in [6, 6.07) is 9.27. The zero-order chi connectivity index (χ0) is 25.7. The van der Waals surface area contributed by atoms with Crippen LogP contribution in [0.4, 0.5) is 5.95 Å². The van der Waals surface area contributed by atoms with E-state index in [-0.39, 0.29) is 11.5 Å². The fraction of sp³-hybridized carbons (Fsp3) is 0.308. The number of rotatable bonds is 10. The van der Waals surface area contributed by atoms with Gasteiger partial charge < -0.3 is 20.1 Å². The molecule has 3 aromatic rings. The molecule has 0 saturated heterocycles. The van der Waals surface area contributed by atoms with Gasteiger partial charge in [0.25, 0.3) is 5.91 Å². The van der Waals surface area contributed by atoms with Crippen molar-refractivity contribution in [2.75, 3.05) is 32.6 Å². The van der Waals surface area contributed by atoms with Gasteiger partial charge in [-0.3, -0.25) is 4.79 Å². The number of nitriles is 1. The van der Waals surface area contributed by atoms with Crippen LogP contribution in [0.1, 0.15) is 19.3 Å². The minimum atomic E-state index is -0.323. The Morgan fingerprint density at radius 1 is 1.17 bits per heavy atom. The summed E-state index contributed by atoms with van der Waals surface area (Å²) in [5, 5.41) is 16.7. The Morgan fingerprint density at radius 3 is 2.53 bits per heavy atom. The van der Waals surface area contributed by atoms with Gasteiger partial charge in [-0.25, -0.2) is 9.97 Å². The van der Waals surface area contributed by atoms with E-state index in [2.05, 4.69) is 20.6 Å². The molecule has 10 heteroatoms. The average Bonchev–Trinajstić information content (AvgIpc) is 3.71. The van der Waals surface area contributed by atoms with Crippen molar-refractivity contribution in [1.29, 1.82) is 5.26 Å². The van der Waals surface area contributed by atoms with Crippen LogP contribution in [0, 0.1) is 17.2 Å². The van der Waals surface area contributed by atoms with E-state index in [1.165, 1.54) is 14.2 Å². The van der Waals surface area contributed by atoms with Gasteiger partial charge in [-0.05, 0) is 42.9 Å². The summed E-state index contributed by atoms with van der Waals surface area (Å²) in [7, 11) is 3.07. The van der Waals surface area contributed by atoms with E-state index >= 15 is 0 Å². The highest BCUT2D eigenvalue weighted by Gasteiger charge is 2.21. The van der Waals surface area contributed by atoms with Gasteiger partial charge in [-0.15, -0.1) is 0 Å². The highest BCUT2D eigenvalue weighted by Crippen LogP contribution is 2.46. The number of benzene rings is 2. The molecular weight excluding hydrogens is 501 g/mol. The normalized spacial score (nSPS) is 13.2. The number of hydrogen-bond acceptors (Lipinski definition) is 7. The number of carbonyl (C=O) groups is 1. The van der Waals surface area contributed by atoms with E-state index in [0.717, 1.165) is 29.3 Å². The summed E-state index contributed by atoms with van der Waals surface area (Å²) in [5.74, 6) is 1.45. The van der Waals surface area contributed by atoms with Crippen LogP contribution in [0.2, 0.25) is 10.0 Å². The third-order valence-corrected chi connectivity index (χ3v) is 6.50.